The molecule has 1 saturated heterocycles. The minimum Gasteiger partial charge on any atom is -0.384 e. The minimum atomic E-state index is 0.116. The van der Waals surface area contributed by atoms with Crippen LogP contribution in [-0.2, 0) is 5.41 Å². The highest BCUT2D eigenvalue weighted by Gasteiger charge is 2.44. The molecule has 1 aromatic rings. The van der Waals surface area contributed by atoms with Crippen LogP contribution >= 0.6 is 27.5 Å². The molecule has 2 aliphatic rings. The van der Waals surface area contributed by atoms with Gasteiger partial charge in [0.15, 0.2) is 0 Å². The number of likely N-dealkylation sites (tertiary alicyclic amines) is 1. The number of anilines is 1. The molecular formula is C15H18BrClN2. The first kappa shape index (κ1) is 13.5. The standard InChI is InChI=1S/C15H18BrClN2/c16-7-3-8-19-9-6-15(10-14(19)17)11-18-13-5-2-1-4-12(13)15/h1-5,7,14,18H,6,8-11H2. The summed E-state index contributed by atoms with van der Waals surface area (Å²) in [6.45, 7) is 3.00. The molecule has 0 aliphatic carbocycles. The van der Waals surface area contributed by atoms with Crippen molar-refractivity contribution in [1.82, 2.24) is 4.90 Å². The quantitative estimate of drug-likeness (QED) is 0.648. The van der Waals surface area contributed by atoms with Gasteiger partial charge in [0.2, 0.25) is 0 Å². The topological polar surface area (TPSA) is 15.3 Å². The molecule has 1 N–H and O–H groups in total. The predicted molar refractivity (Wildman–Crippen MR) is 85.1 cm³/mol. The van der Waals surface area contributed by atoms with Gasteiger partial charge in [-0.15, -0.1) is 11.6 Å². The largest absolute Gasteiger partial charge is 0.384 e. The molecule has 2 heterocycles. The van der Waals surface area contributed by atoms with E-state index in [1.54, 1.807) is 0 Å². The third kappa shape index (κ3) is 2.44. The smallest absolute Gasteiger partial charge is 0.0862 e. The highest BCUT2D eigenvalue weighted by atomic mass is 79.9. The molecule has 0 saturated carbocycles. The van der Waals surface area contributed by atoms with Crippen molar-refractivity contribution in [1.29, 1.82) is 0 Å². The van der Waals surface area contributed by atoms with Crippen LogP contribution in [0.1, 0.15) is 18.4 Å². The molecule has 0 amide bonds. The Balaban J connectivity index is 1.79. The fourth-order valence-corrected chi connectivity index (χ4v) is 3.94. The normalized spacial score (nSPS) is 30.7. The molecule has 1 aromatic carbocycles. The molecule has 0 aromatic heterocycles. The summed E-state index contributed by atoms with van der Waals surface area (Å²) in [4.78, 5) is 4.25. The van der Waals surface area contributed by atoms with Gasteiger partial charge in [0.05, 0.1) is 5.50 Å². The van der Waals surface area contributed by atoms with Gasteiger partial charge in [-0.1, -0.05) is 40.2 Å². The van der Waals surface area contributed by atoms with Gasteiger partial charge in [0.1, 0.15) is 0 Å². The van der Waals surface area contributed by atoms with Crippen molar-refractivity contribution in [2.45, 2.75) is 23.8 Å². The number of piperidine rings is 1. The Bertz CT molecular complexity index is 491. The fraction of sp³-hybridized carbons (Fsp3) is 0.467. The van der Waals surface area contributed by atoms with Gasteiger partial charge in [-0.05, 0) is 29.5 Å². The van der Waals surface area contributed by atoms with E-state index in [0.29, 0.717) is 0 Å². The molecule has 0 radical (unpaired) electrons. The van der Waals surface area contributed by atoms with E-state index in [0.717, 1.165) is 26.1 Å². The number of nitrogens with zero attached hydrogens (tertiary/aromatic N) is 1. The number of halogens is 2. The average Bonchev–Trinajstić information content (AvgIpc) is 2.78. The second-order valence-corrected chi connectivity index (χ2v) is 6.46. The van der Waals surface area contributed by atoms with Crippen molar-refractivity contribution in [2.75, 3.05) is 25.0 Å². The Labute approximate surface area is 127 Å². The summed E-state index contributed by atoms with van der Waals surface area (Å²) in [6.07, 6.45) is 4.30. The number of alkyl halides is 1. The zero-order valence-corrected chi connectivity index (χ0v) is 13.1. The maximum atomic E-state index is 6.60. The van der Waals surface area contributed by atoms with Crippen LogP contribution in [-0.4, -0.2) is 30.0 Å². The lowest BCUT2D eigenvalue weighted by Crippen LogP contribution is -2.47. The number of hydrogen-bond acceptors (Lipinski definition) is 2. The third-order valence-corrected chi connectivity index (χ3v) is 5.18. The van der Waals surface area contributed by atoms with Gasteiger partial charge in [-0.25, -0.2) is 0 Å². The van der Waals surface area contributed by atoms with E-state index in [1.807, 2.05) is 4.99 Å². The molecule has 19 heavy (non-hydrogen) atoms. The van der Waals surface area contributed by atoms with E-state index >= 15 is 0 Å². The molecule has 2 aliphatic heterocycles. The Morgan fingerprint density at radius 2 is 2.32 bits per heavy atom. The van der Waals surface area contributed by atoms with Crippen LogP contribution in [0.3, 0.4) is 0 Å². The van der Waals surface area contributed by atoms with E-state index in [2.05, 4.69) is 56.5 Å². The van der Waals surface area contributed by atoms with Crippen LogP contribution in [0.2, 0.25) is 0 Å². The summed E-state index contributed by atoms with van der Waals surface area (Å²) in [5.41, 5.74) is 3.10. The lowest BCUT2D eigenvalue weighted by Gasteiger charge is -2.42. The van der Waals surface area contributed by atoms with E-state index in [9.17, 15) is 0 Å². The summed E-state index contributed by atoms with van der Waals surface area (Å²) in [5, 5.41) is 3.54. The van der Waals surface area contributed by atoms with Crippen LogP contribution in [0, 0.1) is 0 Å². The molecule has 2 unspecified atom stereocenters. The fourth-order valence-electron chi connectivity index (χ4n) is 3.30. The molecule has 102 valence electrons. The molecule has 2 atom stereocenters. The molecule has 1 fully saturated rings. The Kier molecular flexibility index (Phi) is 3.88. The predicted octanol–water partition coefficient (Wildman–Crippen LogP) is 3.92. The monoisotopic (exact) mass is 340 g/mol. The number of rotatable bonds is 2. The molecule has 0 bridgehead atoms. The summed E-state index contributed by atoms with van der Waals surface area (Å²) in [6, 6.07) is 8.66. The highest BCUT2D eigenvalue weighted by Crippen LogP contribution is 2.46. The van der Waals surface area contributed by atoms with Crippen molar-refractivity contribution in [3.63, 3.8) is 0 Å². The Morgan fingerprint density at radius 1 is 1.47 bits per heavy atom. The first-order valence-corrected chi connectivity index (χ1v) is 8.07. The number of hydrogen-bond donors (Lipinski definition) is 1. The van der Waals surface area contributed by atoms with Crippen LogP contribution < -0.4 is 5.32 Å². The van der Waals surface area contributed by atoms with Crippen molar-refractivity contribution in [3.05, 3.63) is 40.9 Å². The molecule has 3 rings (SSSR count). The van der Waals surface area contributed by atoms with E-state index < -0.39 is 0 Å². The van der Waals surface area contributed by atoms with Crippen molar-refractivity contribution < 1.29 is 0 Å². The summed E-state index contributed by atoms with van der Waals surface area (Å²) in [7, 11) is 0. The first-order valence-electron chi connectivity index (χ1n) is 6.72. The van der Waals surface area contributed by atoms with E-state index in [1.165, 1.54) is 17.7 Å². The SMILES string of the molecule is ClC1CC2(CCN1CC=CBr)CNc1ccccc12. The van der Waals surface area contributed by atoms with Gasteiger partial charge < -0.3 is 5.32 Å². The zero-order valence-electron chi connectivity index (χ0n) is 10.8. The average molecular weight is 342 g/mol. The second-order valence-electron chi connectivity index (χ2n) is 5.42. The van der Waals surface area contributed by atoms with Gasteiger partial charge in [0, 0.05) is 30.7 Å². The molecule has 2 nitrogen and oxygen atoms in total. The number of fused-ring (bicyclic) bond motifs is 2. The molecule has 4 heteroatoms. The van der Waals surface area contributed by atoms with Gasteiger partial charge in [-0.2, -0.15) is 0 Å². The van der Waals surface area contributed by atoms with Crippen LogP contribution in [0.4, 0.5) is 5.69 Å². The first-order chi connectivity index (χ1) is 9.25. The third-order valence-electron chi connectivity index (χ3n) is 4.38. The lowest BCUT2D eigenvalue weighted by molar-refractivity contribution is 0.159. The van der Waals surface area contributed by atoms with Crippen LogP contribution in [0.5, 0.6) is 0 Å². The van der Waals surface area contributed by atoms with Crippen LogP contribution in [0.25, 0.3) is 0 Å². The Morgan fingerprint density at radius 3 is 3.11 bits per heavy atom. The number of para-hydroxylation sites is 1. The maximum Gasteiger partial charge on any atom is 0.0862 e. The van der Waals surface area contributed by atoms with Crippen molar-refractivity contribution >= 4 is 33.2 Å². The van der Waals surface area contributed by atoms with Gasteiger partial charge >= 0.3 is 0 Å². The van der Waals surface area contributed by atoms with Gasteiger partial charge in [-0.3, -0.25) is 4.90 Å². The molecule has 1 spiro atoms. The lowest BCUT2D eigenvalue weighted by atomic mass is 9.74. The van der Waals surface area contributed by atoms with Crippen molar-refractivity contribution in [3.8, 4) is 0 Å². The zero-order chi connectivity index (χ0) is 13.3. The summed E-state index contributed by atoms with van der Waals surface area (Å²) in [5.74, 6) is 0. The Hall–Kier alpha value is -0.510. The number of nitrogens with one attached hydrogen (secondary N) is 1. The summed E-state index contributed by atoms with van der Waals surface area (Å²) < 4.78 is 0. The van der Waals surface area contributed by atoms with Gasteiger partial charge in [0.25, 0.3) is 0 Å². The van der Waals surface area contributed by atoms with E-state index in [-0.39, 0.29) is 10.9 Å². The van der Waals surface area contributed by atoms with Crippen LogP contribution in [0.15, 0.2) is 35.3 Å². The second kappa shape index (κ2) is 5.47. The maximum absolute atomic E-state index is 6.60. The summed E-state index contributed by atoms with van der Waals surface area (Å²) >= 11 is 9.92. The minimum absolute atomic E-state index is 0.116. The van der Waals surface area contributed by atoms with Crippen molar-refractivity contribution in [2.24, 2.45) is 0 Å². The highest BCUT2D eigenvalue weighted by molar-refractivity contribution is 9.11. The van der Waals surface area contributed by atoms with E-state index in [4.69, 9.17) is 11.6 Å². The molecular weight excluding hydrogens is 324 g/mol. The number of benzene rings is 1.